The van der Waals surface area contributed by atoms with Crippen LogP contribution < -0.4 is 16.0 Å². The van der Waals surface area contributed by atoms with Gasteiger partial charge in [0, 0.05) is 18.0 Å². The minimum atomic E-state index is -1.34. The molecule has 0 bridgehead atoms. The van der Waals surface area contributed by atoms with E-state index in [9.17, 15) is 19.5 Å². The van der Waals surface area contributed by atoms with Gasteiger partial charge in [0.1, 0.15) is 5.75 Å². The zero-order chi connectivity index (χ0) is 13.5. The third-order valence-electron chi connectivity index (χ3n) is 1.98. The molecule has 0 fully saturated rings. The van der Waals surface area contributed by atoms with Crippen LogP contribution in [-0.2, 0) is 9.59 Å². The fourth-order valence-corrected chi connectivity index (χ4v) is 1.12. The van der Waals surface area contributed by atoms with Crippen molar-refractivity contribution in [3.63, 3.8) is 0 Å². The van der Waals surface area contributed by atoms with Gasteiger partial charge in [-0.2, -0.15) is 0 Å². The van der Waals surface area contributed by atoms with Gasteiger partial charge in [-0.25, -0.2) is 0 Å². The molecular formula is C11H11N2O5-. The molecule has 18 heavy (non-hydrogen) atoms. The number of carboxylic acid groups (broad SMARTS) is 1. The number of hydrazine groups is 1. The summed E-state index contributed by atoms with van der Waals surface area (Å²) in [4.78, 5) is 32.7. The first kappa shape index (κ1) is 13.5. The highest BCUT2D eigenvalue weighted by molar-refractivity contribution is 5.95. The number of carbonyl (C=O) groups is 3. The van der Waals surface area contributed by atoms with Gasteiger partial charge in [-0.15, -0.1) is 0 Å². The Hall–Kier alpha value is -2.57. The second-order valence-electron chi connectivity index (χ2n) is 3.42. The number of phenols is 1. The predicted molar refractivity (Wildman–Crippen MR) is 58.0 cm³/mol. The molecule has 0 aliphatic heterocycles. The van der Waals surface area contributed by atoms with E-state index in [1.165, 1.54) is 24.3 Å². The maximum Gasteiger partial charge on any atom is 0.269 e. The smallest absolute Gasteiger partial charge is 0.269 e. The fourth-order valence-electron chi connectivity index (χ4n) is 1.12. The number of aliphatic carboxylic acids is 1. The first-order chi connectivity index (χ1) is 8.49. The van der Waals surface area contributed by atoms with E-state index in [4.69, 9.17) is 5.11 Å². The Kier molecular flexibility index (Phi) is 4.67. The first-order valence-corrected chi connectivity index (χ1v) is 5.07. The third kappa shape index (κ3) is 4.52. The van der Waals surface area contributed by atoms with Crippen LogP contribution in [0, 0.1) is 0 Å². The number of phenolic OH excluding ortho intramolecular Hbond substituents is 1. The molecule has 1 aromatic carbocycles. The molecule has 0 radical (unpaired) electrons. The summed E-state index contributed by atoms with van der Waals surface area (Å²) in [5.41, 5.74) is 4.29. The topological polar surface area (TPSA) is 119 Å². The Morgan fingerprint density at radius 3 is 2.50 bits per heavy atom. The molecule has 96 valence electrons. The lowest BCUT2D eigenvalue weighted by Crippen LogP contribution is -2.42. The van der Waals surface area contributed by atoms with E-state index in [-0.39, 0.29) is 17.7 Å². The summed E-state index contributed by atoms with van der Waals surface area (Å²) in [6.45, 7) is 0. The molecule has 0 aliphatic rings. The van der Waals surface area contributed by atoms with Crippen molar-refractivity contribution in [1.82, 2.24) is 10.9 Å². The summed E-state index contributed by atoms with van der Waals surface area (Å²) >= 11 is 0. The maximum absolute atomic E-state index is 11.5. The van der Waals surface area contributed by atoms with Gasteiger partial charge in [0.2, 0.25) is 5.91 Å². The summed E-state index contributed by atoms with van der Waals surface area (Å²) in [5, 5.41) is 19.2. The Bertz CT molecular complexity index is 472. The van der Waals surface area contributed by atoms with Crippen molar-refractivity contribution < 1.29 is 24.6 Å². The van der Waals surface area contributed by atoms with Crippen molar-refractivity contribution in [3.8, 4) is 5.75 Å². The summed E-state index contributed by atoms with van der Waals surface area (Å²) in [6.07, 6.45) is -0.712. The lowest BCUT2D eigenvalue weighted by atomic mass is 10.2. The van der Waals surface area contributed by atoms with Crippen molar-refractivity contribution in [2.45, 2.75) is 12.8 Å². The second-order valence-corrected chi connectivity index (χ2v) is 3.42. The van der Waals surface area contributed by atoms with Crippen molar-refractivity contribution in [2.24, 2.45) is 0 Å². The zero-order valence-corrected chi connectivity index (χ0v) is 9.30. The summed E-state index contributed by atoms with van der Waals surface area (Å²) < 4.78 is 0. The van der Waals surface area contributed by atoms with E-state index in [1.807, 2.05) is 5.43 Å². The number of aromatic hydroxyl groups is 1. The van der Waals surface area contributed by atoms with Crippen LogP contribution in [0.5, 0.6) is 5.75 Å². The highest BCUT2D eigenvalue weighted by atomic mass is 16.4. The number of nitrogens with one attached hydrogen (secondary N) is 2. The van der Waals surface area contributed by atoms with Crippen molar-refractivity contribution in [3.05, 3.63) is 29.8 Å². The van der Waals surface area contributed by atoms with Crippen LogP contribution in [0.4, 0.5) is 0 Å². The van der Waals surface area contributed by atoms with Crippen LogP contribution in [0.15, 0.2) is 24.3 Å². The van der Waals surface area contributed by atoms with E-state index >= 15 is 0 Å². The molecule has 3 N–H and O–H groups in total. The average Bonchev–Trinajstić information content (AvgIpc) is 2.33. The van der Waals surface area contributed by atoms with Gasteiger partial charge < -0.3 is 15.0 Å². The van der Waals surface area contributed by atoms with E-state index in [0.717, 1.165) is 0 Å². The molecule has 0 saturated carbocycles. The molecule has 0 spiro atoms. The van der Waals surface area contributed by atoms with E-state index in [1.54, 1.807) is 0 Å². The first-order valence-electron chi connectivity index (χ1n) is 5.07. The Morgan fingerprint density at radius 1 is 1.17 bits per heavy atom. The van der Waals surface area contributed by atoms with Gasteiger partial charge in [-0.1, -0.05) is 6.07 Å². The highest BCUT2D eigenvalue weighted by Gasteiger charge is 2.07. The number of hydrogen-bond donors (Lipinski definition) is 3. The summed E-state index contributed by atoms with van der Waals surface area (Å²) in [6, 6.07) is 5.54. The number of carboxylic acids is 1. The molecule has 0 heterocycles. The van der Waals surface area contributed by atoms with Crippen LogP contribution in [0.25, 0.3) is 0 Å². The standard InChI is InChI=1S/C11H12N2O5/c14-8-3-1-2-7(6-8)11(18)13-12-9(15)4-5-10(16)17/h1-3,6,14H,4-5H2,(H,12,15)(H,13,18)(H,16,17)/p-1. The molecule has 0 aliphatic carbocycles. The SMILES string of the molecule is O=C([O-])CCC(=O)NNC(=O)c1cccc(O)c1. The number of amides is 2. The van der Waals surface area contributed by atoms with Crippen LogP contribution in [0.3, 0.4) is 0 Å². The molecule has 0 unspecified atom stereocenters. The van der Waals surface area contributed by atoms with Gasteiger partial charge in [0.15, 0.2) is 0 Å². The van der Waals surface area contributed by atoms with Crippen molar-refractivity contribution >= 4 is 17.8 Å². The van der Waals surface area contributed by atoms with Gasteiger partial charge >= 0.3 is 0 Å². The number of benzene rings is 1. The lowest BCUT2D eigenvalue weighted by molar-refractivity contribution is -0.305. The summed E-state index contributed by atoms with van der Waals surface area (Å²) in [5.74, 6) is -2.68. The monoisotopic (exact) mass is 251 g/mol. The van der Waals surface area contributed by atoms with E-state index in [0.29, 0.717) is 0 Å². The Morgan fingerprint density at radius 2 is 1.89 bits per heavy atom. The quantitative estimate of drug-likeness (QED) is 0.574. The second kappa shape index (κ2) is 6.24. The summed E-state index contributed by atoms with van der Waals surface area (Å²) in [7, 11) is 0. The molecule has 1 aromatic rings. The lowest BCUT2D eigenvalue weighted by Gasteiger charge is -2.07. The van der Waals surface area contributed by atoms with E-state index < -0.39 is 24.2 Å². The molecule has 0 aromatic heterocycles. The Labute approximate surface area is 102 Å². The number of carbonyl (C=O) groups excluding carboxylic acids is 3. The molecule has 7 heteroatoms. The molecule has 0 atom stereocenters. The van der Waals surface area contributed by atoms with Gasteiger partial charge in [-0.05, 0) is 24.6 Å². The third-order valence-corrected chi connectivity index (χ3v) is 1.98. The largest absolute Gasteiger partial charge is 0.550 e. The molecule has 2 amide bonds. The van der Waals surface area contributed by atoms with Crippen LogP contribution >= 0.6 is 0 Å². The van der Waals surface area contributed by atoms with Crippen molar-refractivity contribution in [1.29, 1.82) is 0 Å². The van der Waals surface area contributed by atoms with Crippen molar-refractivity contribution in [2.75, 3.05) is 0 Å². The minimum Gasteiger partial charge on any atom is -0.550 e. The molecule has 1 rings (SSSR count). The molecular weight excluding hydrogens is 240 g/mol. The zero-order valence-electron chi connectivity index (χ0n) is 9.30. The van der Waals surface area contributed by atoms with Crippen LogP contribution in [-0.4, -0.2) is 22.9 Å². The Balaban J connectivity index is 2.42. The van der Waals surface area contributed by atoms with Crippen LogP contribution in [0.1, 0.15) is 23.2 Å². The number of rotatable bonds is 4. The van der Waals surface area contributed by atoms with Crippen LogP contribution in [0.2, 0.25) is 0 Å². The van der Waals surface area contributed by atoms with E-state index in [2.05, 4.69) is 5.43 Å². The van der Waals surface area contributed by atoms with Gasteiger partial charge in [0.25, 0.3) is 5.91 Å². The highest BCUT2D eigenvalue weighted by Crippen LogP contribution is 2.10. The minimum absolute atomic E-state index is 0.0778. The van der Waals surface area contributed by atoms with Gasteiger partial charge in [0.05, 0.1) is 0 Å². The van der Waals surface area contributed by atoms with Gasteiger partial charge in [-0.3, -0.25) is 20.4 Å². The molecule has 7 nitrogen and oxygen atoms in total. The fraction of sp³-hybridized carbons (Fsp3) is 0.182. The number of hydrogen-bond acceptors (Lipinski definition) is 5. The average molecular weight is 251 g/mol. The predicted octanol–water partition coefficient (Wildman–Crippen LogP) is -1.32. The normalized spacial score (nSPS) is 9.56. The molecule has 0 saturated heterocycles. The maximum atomic E-state index is 11.5.